The fourth-order valence-corrected chi connectivity index (χ4v) is 3.36. The Morgan fingerprint density at radius 2 is 1.52 bits per heavy atom. The summed E-state index contributed by atoms with van der Waals surface area (Å²) in [5, 5.41) is 16.1. The van der Waals surface area contributed by atoms with E-state index in [0.29, 0.717) is 20.4 Å². The van der Waals surface area contributed by atoms with Crippen LogP contribution >= 0.6 is 23.2 Å². The molecule has 0 spiro atoms. The van der Waals surface area contributed by atoms with Crippen LogP contribution in [-0.4, -0.2) is 10.6 Å². The van der Waals surface area contributed by atoms with E-state index in [1.165, 1.54) is 12.1 Å². The molecule has 0 bridgehead atoms. The summed E-state index contributed by atoms with van der Waals surface area (Å²) in [6.45, 7) is 0. The molecular weight excluding hydrogens is 413 g/mol. The van der Waals surface area contributed by atoms with Crippen molar-refractivity contribution in [1.82, 2.24) is 4.73 Å². The summed E-state index contributed by atoms with van der Waals surface area (Å²) in [5.74, 6) is -0.720. The number of carbonyl (C=O) groups excluding carboxylic acids is 1. The first-order valence-corrected chi connectivity index (χ1v) is 9.32. The second-order valence-electron chi connectivity index (χ2n) is 6.23. The van der Waals surface area contributed by atoms with Gasteiger partial charge in [-0.05, 0) is 30.3 Å². The first kappa shape index (κ1) is 19.0. The Balaban J connectivity index is 2.03. The van der Waals surface area contributed by atoms with E-state index in [-0.39, 0.29) is 32.5 Å². The molecule has 3 aromatic carbocycles. The summed E-state index contributed by atoms with van der Waals surface area (Å²) in [6.07, 6.45) is 0. The van der Waals surface area contributed by atoms with Gasteiger partial charge in [0.2, 0.25) is 0 Å². The third-order valence-corrected chi connectivity index (χ3v) is 5.10. The van der Waals surface area contributed by atoms with Crippen molar-refractivity contribution in [3.05, 3.63) is 98.6 Å². The van der Waals surface area contributed by atoms with Crippen LogP contribution in [0.1, 0.15) is 10.5 Å². The van der Waals surface area contributed by atoms with E-state index < -0.39 is 5.91 Å². The number of rotatable bonds is 3. The molecule has 144 valence electrons. The SMILES string of the molecule is O=C(Nc1ccccc1)c1c(-c2ccccc2)[n+](=O)c2cc(Cl)c(Cl)cc2n1[O-]. The molecule has 1 heterocycles. The minimum atomic E-state index is -0.720. The number of hydrogen-bond donors (Lipinski definition) is 1. The Morgan fingerprint density at radius 1 is 0.931 bits per heavy atom. The third kappa shape index (κ3) is 3.44. The number of halogens is 2. The van der Waals surface area contributed by atoms with Crippen molar-refractivity contribution in [3.8, 4) is 11.3 Å². The highest BCUT2D eigenvalue weighted by atomic mass is 35.5. The summed E-state index contributed by atoms with van der Waals surface area (Å²) >= 11 is 12.1. The van der Waals surface area contributed by atoms with Gasteiger partial charge in [0.25, 0.3) is 17.1 Å². The van der Waals surface area contributed by atoms with Crippen LogP contribution in [0, 0.1) is 10.1 Å². The van der Waals surface area contributed by atoms with E-state index in [1.807, 2.05) is 0 Å². The van der Waals surface area contributed by atoms with Gasteiger partial charge in [0, 0.05) is 16.7 Å². The van der Waals surface area contributed by atoms with Crippen LogP contribution in [0.2, 0.25) is 10.0 Å². The molecule has 0 atom stereocenters. The molecule has 0 saturated heterocycles. The van der Waals surface area contributed by atoms with Crippen LogP contribution in [0.3, 0.4) is 0 Å². The van der Waals surface area contributed by atoms with Gasteiger partial charge in [-0.2, -0.15) is 0 Å². The van der Waals surface area contributed by atoms with Crippen molar-refractivity contribution in [1.29, 1.82) is 0 Å². The largest absolute Gasteiger partial charge is 0.805 e. The highest BCUT2D eigenvalue weighted by Crippen LogP contribution is 2.29. The van der Waals surface area contributed by atoms with Crippen LogP contribution < -0.4 is 9.74 Å². The van der Waals surface area contributed by atoms with E-state index >= 15 is 0 Å². The van der Waals surface area contributed by atoms with E-state index in [0.717, 1.165) is 0 Å². The van der Waals surface area contributed by atoms with Crippen molar-refractivity contribution in [2.24, 2.45) is 0 Å². The molecule has 0 aliphatic rings. The van der Waals surface area contributed by atoms with Gasteiger partial charge in [-0.3, -0.25) is 4.79 Å². The summed E-state index contributed by atoms with van der Waals surface area (Å²) < 4.78 is 0.938. The van der Waals surface area contributed by atoms with E-state index in [1.54, 1.807) is 60.7 Å². The van der Waals surface area contributed by atoms with Crippen LogP contribution in [0.4, 0.5) is 5.69 Å². The van der Waals surface area contributed by atoms with Crippen LogP contribution in [0.5, 0.6) is 0 Å². The number of anilines is 1. The number of carbonyl (C=O) groups is 1. The standard InChI is InChI=1S/C21H13Cl2N3O3/c22-15-11-17-18(12-16(15)23)26(29)20(21(27)24-14-9-5-2-6-10-14)19(25(17)28)13-7-3-1-4-8-13/h1-12H,(H,24,27). The Hall–Kier alpha value is -3.35. The molecule has 0 fully saturated rings. The summed E-state index contributed by atoms with van der Waals surface area (Å²) in [7, 11) is 0. The quantitative estimate of drug-likeness (QED) is 0.462. The normalized spacial score (nSPS) is 10.8. The first-order chi connectivity index (χ1) is 14.0. The van der Waals surface area contributed by atoms with Gasteiger partial charge in [-0.1, -0.05) is 59.6 Å². The number of nitrogens with zero attached hydrogens (tertiary/aromatic N) is 2. The number of benzene rings is 3. The summed E-state index contributed by atoms with van der Waals surface area (Å²) in [6, 6.07) is 19.7. The third-order valence-electron chi connectivity index (χ3n) is 4.38. The Morgan fingerprint density at radius 3 is 2.17 bits per heavy atom. The molecule has 1 aromatic heterocycles. The zero-order valence-electron chi connectivity index (χ0n) is 14.8. The molecule has 1 N–H and O–H groups in total. The molecule has 8 heteroatoms. The Kier molecular flexibility index (Phi) is 4.96. The summed E-state index contributed by atoms with van der Waals surface area (Å²) in [4.78, 5) is 26.2. The predicted octanol–water partition coefficient (Wildman–Crippen LogP) is 5.13. The second-order valence-corrected chi connectivity index (χ2v) is 7.04. The Bertz CT molecular complexity index is 1290. The molecule has 0 unspecified atom stereocenters. The van der Waals surface area contributed by atoms with Crippen LogP contribution in [-0.2, 0) is 0 Å². The van der Waals surface area contributed by atoms with Crippen LogP contribution in [0.25, 0.3) is 22.3 Å². The number of para-hydroxylation sites is 1. The van der Waals surface area contributed by atoms with E-state index in [9.17, 15) is 14.9 Å². The molecule has 29 heavy (non-hydrogen) atoms. The average molecular weight is 426 g/mol. The number of hydrogen-bond acceptors (Lipinski definition) is 3. The van der Waals surface area contributed by atoms with E-state index in [2.05, 4.69) is 5.32 Å². The molecular formula is C21H13Cl2N3O3. The van der Waals surface area contributed by atoms with E-state index in [4.69, 9.17) is 23.2 Å². The maximum absolute atomic E-state index is 13.2. The number of aromatic nitrogens is 2. The summed E-state index contributed by atoms with van der Waals surface area (Å²) in [5.41, 5.74) is 0.416. The first-order valence-electron chi connectivity index (χ1n) is 8.57. The molecule has 4 aromatic rings. The maximum atomic E-state index is 13.2. The maximum Gasteiger partial charge on any atom is 0.299 e. The number of amides is 1. The smallest absolute Gasteiger partial charge is 0.299 e. The zero-order chi connectivity index (χ0) is 20.5. The van der Waals surface area contributed by atoms with Gasteiger partial charge < -0.3 is 15.3 Å². The van der Waals surface area contributed by atoms with Crippen molar-refractivity contribution in [2.45, 2.75) is 0 Å². The molecule has 0 aliphatic carbocycles. The van der Waals surface area contributed by atoms with Gasteiger partial charge in [0.1, 0.15) is 5.52 Å². The second kappa shape index (κ2) is 7.58. The van der Waals surface area contributed by atoms with Gasteiger partial charge in [-0.15, -0.1) is 0 Å². The van der Waals surface area contributed by atoms with Crippen molar-refractivity contribution in [2.75, 3.05) is 5.32 Å². The fraction of sp³-hybridized carbons (Fsp3) is 0. The molecule has 0 saturated carbocycles. The van der Waals surface area contributed by atoms with Gasteiger partial charge in [0.05, 0.1) is 20.0 Å². The molecule has 0 aliphatic heterocycles. The van der Waals surface area contributed by atoms with Crippen molar-refractivity contribution < 1.29 is 9.22 Å². The number of fused-ring (bicyclic) bond motifs is 1. The highest BCUT2D eigenvalue weighted by molar-refractivity contribution is 6.42. The lowest BCUT2D eigenvalue weighted by Gasteiger charge is -2.19. The van der Waals surface area contributed by atoms with Crippen LogP contribution in [0.15, 0.2) is 72.8 Å². The molecule has 6 nitrogen and oxygen atoms in total. The fourth-order valence-electron chi connectivity index (χ4n) is 3.05. The average Bonchev–Trinajstić information content (AvgIpc) is 2.73. The molecule has 1 amide bonds. The molecule has 0 radical (unpaired) electrons. The Labute approximate surface area is 175 Å². The monoisotopic (exact) mass is 425 g/mol. The zero-order valence-corrected chi connectivity index (χ0v) is 16.3. The molecule has 4 rings (SSSR count). The lowest BCUT2D eigenvalue weighted by molar-refractivity contribution is -0.451. The van der Waals surface area contributed by atoms with Gasteiger partial charge >= 0.3 is 0 Å². The highest BCUT2D eigenvalue weighted by Gasteiger charge is 2.29. The predicted molar refractivity (Wildman–Crippen MR) is 114 cm³/mol. The van der Waals surface area contributed by atoms with Gasteiger partial charge in [-0.25, -0.2) is 0 Å². The minimum absolute atomic E-state index is 0.00418. The van der Waals surface area contributed by atoms with Crippen molar-refractivity contribution >= 4 is 45.8 Å². The lowest BCUT2D eigenvalue weighted by Crippen LogP contribution is -2.29. The minimum Gasteiger partial charge on any atom is -0.805 e. The van der Waals surface area contributed by atoms with Gasteiger partial charge in [0.15, 0.2) is 5.69 Å². The number of nitrogens with one attached hydrogen (secondary N) is 1. The topological polar surface area (TPSA) is 80.1 Å². The van der Waals surface area contributed by atoms with Crippen molar-refractivity contribution in [3.63, 3.8) is 0 Å². The lowest BCUT2D eigenvalue weighted by atomic mass is 10.1.